The third kappa shape index (κ3) is 6.40. The summed E-state index contributed by atoms with van der Waals surface area (Å²) in [4.78, 5) is 37.5. The van der Waals surface area contributed by atoms with Crippen LogP contribution in [0.2, 0.25) is 0 Å². The second-order valence-electron chi connectivity index (χ2n) is 7.10. The molecule has 0 aliphatic heterocycles. The fourth-order valence-corrected chi connectivity index (χ4v) is 3.02. The summed E-state index contributed by atoms with van der Waals surface area (Å²) in [5, 5.41) is 8.17. The van der Waals surface area contributed by atoms with Crippen LogP contribution in [0.1, 0.15) is 27.0 Å². The van der Waals surface area contributed by atoms with Gasteiger partial charge in [0.2, 0.25) is 0 Å². The van der Waals surface area contributed by atoms with E-state index in [1.807, 2.05) is 60.7 Å². The molecule has 6 heteroatoms. The van der Waals surface area contributed by atoms with Crippen molar-refractivity contribution in [2.24, 2.45) is 0 Å². The fraction of sp³-hybridized carbons (Fsp3) is 0.115. The molecular weight excluding hydrogens is 402 g/mol. The maximum atomic E-state index is 12.9. The first-order valence-electron chi connectivity index (χ1n) is 10.2. The summed E-state index contributed by atoms with van der Waals surface area (Å²) < 4.78 is 0. The monoisotopic (exact) mass is 427 g/mol. The third-order valence-electron chi connectivity index (χ3n) is 4.79. The van der Waals surface area contributed by atoms with Gasteiger partial charge in [-0.1, -0.05) is 72.8 Å². The molecule has 3 rings (SSSR count). The van der Waals surface area contributed by atoms with Gasteiger partial charge >= 0.3 is 0 Å². The molecule has 0 saturated carbocycles. The van der Waals surface area contributed by atoms with E-state index in [0.717, 1.165) is 11.1 Å². The van der Waals surface area contributed by atoms with Gasteiger partial charge in [-0.25, -0.2) is 0 Å². The van der Waals surface area contributed by atoms with Gasteiger partial charge in [0.15, 0.2) is 0 Å². The molecule has 3 aromatic rings. The van der Waals surface area contributed by atoms with Crippen molar-refractivity contribution in [1.82, 2.24) is 16.0 Å². The standard InChI is InChI=1S/C26H25N3O3/c1-27-24(30)22-14-12-19(13-15-22)16-23(25(31)28-17-20-8-4-2-5-9-20)26(32)29-18-21-10-6-3-7-11-21/h2-16H,17-18H2,1H3,(H,27,30)(H,28,31)(H,29,32). The van der Waals surface area contributed by atoms with E-state index in [1.54, 1.807) is 31.3 Å². The molecule has 0 atom stereocenters. The highest BCUT2D eigenvalue weighted by molar-refractivity contribution is 6.21. The second kappa shape index (κ2) is 11.3. The van der Waals surface area contributed by atoms with Crippen molar-refractivity contribution < 1.29 is 14.4 Å². The SMILES string of the molecule is CNC(=O)c1ccc(C=C(C(=O)NCc2ccccc2)C(=O)NCc2ccccc2)cc1. The molecular formula is C26H25N3O3. The van der Waals surface area contributed by atoms with Gasteiger partial charge in [-0.3, -0.25) is 14.4 Å². The van der Waals surface area contributed by atoms with Crippen LogP contribution in [0.15, 0.2) is 90.5 Å². The number of benzene rings is 3. The summed E-state index contributed by atoms with van der Waals surface area (Å²) in [6.07, 6.45) is 1.52. The molecule has 3 N–H and O–H groups in total. The Labute approximate surface area is 187 Å². The van der Waals surface area contributed by atoms with Crippen LogP contribution < -0.4 is 16.0 Å². The highest BCUT2D eigenvalue weighted by atomic mass is 16.2. The van der Waals surface area contributed by atoms with Gasteiger partial charge in [0.25, 0.3) is 17.7 Å². The number of amides is 3. The predicted octanol–water partition coefficient (Wildman–Crippen LogP) is 3.06. The van der Waals surface area contributed by atoms with Crippen LogP contribution in [0.4, 0.5) is 0 Å². The maximum absolute atomic E-state index is 12.9. The fourth-order valence-electron chi connectivity index (χ4n) is 3.02. The van der Waals surface area contributed by atoms with E-state index >= 15 is 0 Å². The molecule has 0 spiro atoms. The lowest BCUT2D eigenvalue weighted by atomic mass is 10.1. The topological polar surface area (TPSA) is 87.3 Å². The normalized spacial score (nSPS) is 10.0. The summed E-state index contributed by atoms with van der Waals surface area (Å²) in [6, 6.07) is 25.6. The average molecular weight is 428 g/mol. The Morgan fingerprint density at radius 2 is 1.16 bits per heavy atom. The van der Waals surface area contributed by atoms with E-state index in [4.69, 9.17) is 0 Å². The molecule has 0 radical (unpaired) electrons. The molecule has 162 valence electrons. The summed E-state index contributed by atoms with van der Waals surface area (Å²) in [7, 11) is 1.56. The number of carbonyl (C=O) groups excluding carboxylic acids is 3. The Kier molecular flexibility index (Phi) is 7.92. The molecule has 0 aliphatic rings. The average Bonchev–Trinajstić information content (AvgIpc) is 2.85. The Morgan fingerprint density at radius 1 is 0.688 bits per heavy atom. The van der Waals surface area contributed by atoms with Gasteiger partial charge in [0.1, 0.15) is 5.57 Å². The quantitative estimate of drug-likeness (QED) is 0.293. The van der Waals surface area contributed by atoms with E-state index in [2.05, 4.69) is 16.0 Å². The van der Waals surface area contributed by atoms with Gasteiger partial charge in [-0.05, 0) is 34.9 Å². The van der Waals surface area contributed by atoms with Crippen LogP contribution in [0.25, 0.3) is 6.08 Å². The minimum Gasteiger partial charge on any atom is -0.355 e. The number of nitrogens with one attached hydrogen (secondary N) is 3. The molecule has 3 aromatic carbocycles. The Hall–Kier alpha value is -4.19. The predicted molar refractivity (Wildman–Crippen MR) is 124 cm³/mol. The third-order valence-corrected chi connectivity index (χ3v) is 4.79. The Balaban J connectivity index is 1.78. The van der Waals surface area contributed by atoms with E-state index < -0.39 is 11.8 Å². The van der Waals surface area contributed by atoms with Gasteiger partial charge in [0, 0.05) is 25.7 Å². The van der Waals surface area contributed by atoms with E-state index in [9.17, 15) is 14.4 Å². The van der Waals surface area contributed by atoms with Gasteiger partial charge < -0.3 is 16.0 Å². The van der Waals surface area contributed by atoms with Crippen molar-refractivity contribution in [3.63, 3.8) is 0 Å². The molecule has 32 heavy (non-hydrogen) atoms. The van der Waals surface area contributed by atoms with Crippen LogP contribution >= 0.6 is 0 Å². The number of hydrogen-bond acceptors (Lipinski definition) is 3. The number of hydrogen-bond donors (Lipinski definition) is 3. The van der Waals surface area contributed by atoms with E-state index in [-0.39, 0.29) is 11.5 Å². The summed E-state index contributed by atoms with van der Waals surface area (Å²) in [5.41, 5.74) is 2.98. The van der Waals surface area contributed by atoms with Gasteiger partial charge in [-0.15, -0.1) is 0 Å². The minimum absolute atomic E-state index is 0.00967. The lowest BCUT2D eigenvalue weighted by Crippen LogP contribution is -2.34. The van der Waals surface area contributed by atoms with Gasteiger partial charge in [0.05, 0.1) is 0 Å². The summed E-state index contributed by atoms with van der Waals surface area (Å²) >= 11 is 0. The van der Waals surface area contributed by atoms with Crippen molar-refractivity contribution in [3.05, 3.63) is 113 Å². The van der Waals surface area contributed by atoms with Crippen LogP contribution in [0, 0.1) is 0 Å². The first-order valence-corrected chi connectivity index (χ1v) is 10.2. The molecule has 0 aliphatic carbocycles. The largest absolute Gasteiger partial charge is 0.355 e. The molecule has 0 bridgehead atoms. The summed E-state index contributed by atoms with van der Waals surface area (Å²) in [5.74, 6) is -1.16. The smallest absolute Gasteiger partial charge is 0.257 e. The van der Waals surface area contributed by atoms with E-state index in [1.165, 1.54) is 6.08 Å². The first kappa shape index (κ1) is 22.5. The molecule has 6 nitrogen and oxygen atoms in total. The molecule has 0 saturated heterocycles. The number of rotatable bonds is 8. The molecule has 0 heterocycles. The Bertz CT molecular complexity index is 1030. The zero-order chi connectivity index (χ0) is 22.8. The van der Waals surface area contributed by atoms with Crippen molar-refractivity contribution in [3.8, 4) is 0 Å². The summed E-state index contributed by atoms with van der Waals surface area (Å²) in [6.45, 7) is 0.608. The highest BCUT2D eigenvalue weighted by Gasteiger charge is 2.18. The van der Waals surface area contributed by atoms with Crippen molar-refractivity contribution in [2.45, 2.75) is 13.1 Å². The van der Waals surface area contributed by atoms with Crippen molar-refractivity contribution in [1.29, 1.82) is 0 Å². The maximum Gasteiger partial charge on any atom is 0.257 e. The molecule has 0 aromatic heterocycles. The van der Waals surface area contributed by atoms with Crippen molar-refractivity contribution >= 4 is 23.8 Å². The highest BCUT2D eigenvalue weighted by Crippen LogP contribution is 2.11. The first-order chi connectivity index (χ1) is 15.6. The van der Waals surface area contributed by atoms with Gasteiger partial charge in [-0.2, -0.15) is 0 Å². The lowest BCUT2D eigenvalue weighted by molar-refractivity contribution is -0.123. The van der Waals surface area contributed by atoms with Crippen LogP contribution in [-0.4, -0.2) is 24.8 Å². The molecule has 0 unspecified atom stereocenters. The number of carbonyl (C=O) groups is 3. The zero-order valence-electron chi connectivity index (χ0n) is 17.8. The zero-order valence-corrected chi connectivity index (χ0v) is 17.8. The van der Waals surface area contributed by atoms with Crippen LogP contribution in [-0.2, 0) is 22.7 Å². The lowest BCUT2D eigenvalue weighted by Gasteiger charge is -2.11. The molecule has 3 amide bonds. The van der Waals surface area contributed by atoms with Crippen LogP contribution in [0.3, 0.4) is 0 Å². The van der Waals surface area contributed by atoms with E-state index in [0.29, 0.717) is 24.2 Å². The van der Waals surface area contributed by atoms with Crippen LogP contribution in [0.5, 0.6) is 0 Å². The minimum atomic E-state index is -0.477. The second-order valence-corrected chi connectivity index (χ2v) is 7.10. The van der Waals surface area contributed by atoms with Crippen molar-refractivity contribution in [2.75, 3.05) is 7.05 Å². The Morgan fingerprint density at radius 3 is 1.59 bits per heavy atom. The molecule has 0 fully saturated rings.